The zero-order valence-electron chi connectivity index (χ0n) is 46.1. The van der Waals surface area contributed by atoms with Crippen molar-refractivity contribution in [2.45, 2.75) is 254 Å². The Morgan fingerprint density at radius 3 is 1.45 bits per heavy atom. The number of aliphatic hydroxyl groups excluding tert-OH is 5. The Labute approximate surface area is 451 Å². The summed E-state index contributed by atoms with van der Waals surface area (Å²) in [5.74, 6) is -1.24. The van der Waals surface area contributed by atoms with Crippen molar-refractivity contribution in [3.05, 3.63) is 71.9 Å². The molecule has 0 unspecified atom stereocenters. The summed E-state index contributed by atoms with van der Waals surface area (Å²) in [6, 6.07) is 0. The van der Waals surface area contributed by atoms with E-state index in [1.54, 1.807) is 25.2 Å². The highest BCUT2D eigenvalue weighted by Crippen LogP contribution is 2.38. The van der Waals surface area contributed by atoms with E-state index in [-0.39, 0.29) is 126 Å². The fourth-order valence-electron chi connectivity index (χ4n) is 9.60. The van der Waals surface area contributed by atoms with Gasteiger partial charge in [0.05, 0.1) is 67.3 Å². The second kappa shape index (κ2) is 32.4. The van der Waals surface area contributed by atoms with Gasteiger partial charge in [-0.1, -0.05) is 125 Å². The van der Waals surface area contributed by atoms with Crippen molar-refractivity contribution in [1.29, 1.82) is 0 Å². The normalized spacial score (nSPS) is 36.5. The standard InChI is InChI=1S/C30H48O8.C28H46O7.2CH4/c1-8-24(33)21(5)29-25(37-29)16-18(2)10-9-11-19(3)28-20(4)12-13-26(36-22(6)31)30(7,35)15-14-23(32)17-27(34)38-28;1-7-22(30)20(5)27-23(34-27)15-17(2)9-8-10-18(3)26-19(4)11-12-24(31)28(6,33)14-13-21(29)16-25(32)35-26;;/h9-13,18,20-21,23-26,28-29,32-33,35H,8,14-17H2,1-7H3;8-12,17,19-24,26-27,29-31,33H,7,13-16H2,1-6H3;2*1H4/b10-9+,13-12+,19-11+;9-8+,12-11+,18-10+;;/t18-,20+,21-,23-,24+,25-,26+,28-,29-,30-;17-,19+,20-,21-,22+,23-,24+,26-,27-,28-;;/m11../s1. The number of esters is 3. The number of allylic oxidation sites excluding steroid dienone is 6. The van der Waals surface area contributed by atoms with Gasteiger partial charge in [-0.15, -0.1) is 0 Å². The van der Waals surface area contributed by atoms with E-state index in [0.717, 1.165) is 36.8 Å². The van der Waals surface area contributed by atoms with Gasteiger partial charge in [-0.05, 0) is 108 Å². The van der Waals surface area contributed by atoms with E-state index in [0.29, 0.717) is 0 Å². The highest BCUT2D eigenvalue weighted by Gasteiger charge is 2.46. The lowest BCUT2D eigenvalue weighted by Crippen LogP contribution is -2.42. The molecule has 0 spiro atoms. The highest BCUT2D eigenvalue weighted by molar-refractivity contribution is 5.71. The fraction of sp³-hybridized carbons (Fsp3) is 0.750. The van der Waals surface area contributed by atoms with Crippen LogP contribution < -0.4 is 0 Å². The van der Waals surface area contributed by atoms with Gasteiger partial charge in [-0.3, -0.25) is 14.4 Å². The molecule has 432 valence electrons. The minimum Gasteiger partial charge on any atom is -0.457 e. The van der Waals surface area contributed by atoms with Crippen LogP contribution in [-0.2, 0) is 38.1 Å². The van der Waals surface area contributed by atoms with Crippen molar-refractivity contribution >= 4 is 17.9 Å². The van der Waals surface area contributed by atoms with Gasteiger partial charge in [-0.25, -0.2) is 0 Å². The number of epoxide rings is 2. The summed E-state index contributed by atoms with van der Waals surface area (Å²) in [7, 11) is 0. The molecule has 4 aliphatic rings. The van der Waals surface area contributed by atoms with Crippen LogP contribution in [0.3, 0.4) is 0 Å². The number of ether oxygens (including phenoxy) is 5. The second-order valence-electron chi connectivity index (χ2n) is 22.3. The maximum Gasteiger partial charge on any atom is 0.309 e. The van der Waals surface area contributed by atoms with Crippen LogP contribution in [0.2, 0.25) is 0 Å². The quantitative estimate of drug-likeness (QED) is 0.0237. The lowest BCUT2D eigenvalue weighted by molar-refractivity contribution is -0.157. The molecule has 4 heterocycles. The Morgan fingerprint density at radius 1 is 0.680 bits per heavy atom. The monoisotopic (exact) mass is 1060 g/mol. The topological polar surface area (TPSA) is 246 Å². The third-order valence-corrected chi connectivity index (χ3v) is 15.0. The van der Waals surface area contributed by atoms with E-state index in [1.807, 2.05) is 79.7 Å². The van der Waals surface area contributed by atoms with Crippen LogP contribution in [0.25, 0.3) is 0 Å². The van der Waals surface area contributed by atoms with Crippen molar-refractivity contribution in [2.75, 3.05) is 0 Å². The SMILES string of the molecule is C.C.CC[C@H](O)[C@@H](C)[C@H]1O[C@@H]1C[C@H](C)/C=C/C=C(\C)[C@H]1OC(=O)C[C@H](O)CC[C@@](C)(O)[C@@H](O)/C=C/[C@@H]1C.CC[C@H](O)[C@@H](C)[C@H]1O[C@@H]1C[C@H](C)/C=C/C=C(\C)[C@H]1OC(=O)C[C@H](O)CC[C@@](C)(O)[C@@H](OC(C)=O)/C=C/[C@@H]1C. The Balaban J connectivity index is 0.000000733. The molecule has 0 aliphatic carbocycles. The summed E-state index contributed by atoms with van der Waals surface area (Å²) in [5.41, 5.74) is -1.13. The Kier molecular flexibility index (Phi) is 30.0. The molecule has 4 rings (SSSR count). The summed E-state index contributed by atoms with van der Waals surface area (Å²) in [5, 5.41) is 72.5. The largest absolute Gasteiger partial charge is 0.457 e. The minimum atomic E-state index is -1.40. The molecule has 20 atom stereocenters. The zero-order chi connectivity index (χ0) is 55.0. The van der Waals surface area contributed by atoms with Gasteiger partial charge in [0.2, 0.25) is 0 Å². The minimum absolute atomic E-state index is 0. The van der Waals surface area contributed by atoms with E-state index in [2.05, 4.69) is 26.0 Å². The van der Waals surface area contributed by atoms with Crippen molar-refractivity contribution in [2.24, 2.45) is 35.5 Å². The van der Waals surface area contributed by atoms with Crippen molar-refractivity contribution < 1.29 is 73.8 Å². The van der Waals surface area contributed by atoms with E-state index in [4.69, 9.17) is 23.7 Å². The van der Waals surface area contributed by atoms with Gasteiger partial charge in [-0.2, -0.15) is 0 Å². The summed E-state index contributed by atoms with van der Waals surface area (Å²) >= 11 is 0. The zero-order valence-corrected chi connectivity index (χ0v) is 46.1. The van der Waals surface area contributed by atoms with Gasteiger partial charge in [0.1, 0.15) is 30.0 Å². The maximum atomic E-state index is 12.6. The molecule has 2 saturated heterocycles. The molecule has 75 heavy (non-hydrogen) atoms. The van der Waals surface area contributed by atoms with Gasteiger partial charge in [0, 0.05) is 30.6 Å². The van der Waals surface area contributed by atoms with Gasteiger partial charge < -0.3 is 59.4 Å². The van der Waals surface area contributed by atoms with Crippen LogP contribution in [-0.4, -0.2) is 138 Å². The van der Waals surface area contributed by atoms with Crippen molar-refractivity contribution in [1.82, 2.24) is 0 Å². The van der Waals surface area contributed by atoms with Crippen LogP contribution in [0, 0.1) is 35.5 Å². The first-order chi connectivity index (χ1) is 34.1. The summed E-state index contributed by atoms with van der Waals surface area (Å²) in [6.45, 7) is 24.2. The maximum absolute atomic E-state index is 12.6. The molecule has 4 aliphatic heterocycles. The number of aliphatic hydroxyl groups is 7. The molecule has 0 amide bonds. The molecule has 0 aromatic rings. The fourth-order valence-corrected chi connectivity index (χ4v) is 9.60. The molecule has 2 fully saturated rings. The molecule has 0 saturated carbocycles. The van der Waals surface area contributed by atoms with Gasteiger partial charge in [0.25, 0.3) is 0 Å². The molecule has 0 bridgehead atoms. The van der Waals surface area contributed by atoms with Crippen LogP contribution in [0.1, 0.15) is 169 Å². The molecule has 0 radical (unpaired) electrons. The lowest BCUT2D eigenvalue weighted by atomic mass is 9.88. The summed E-state index contributed by atoms with van der Waals surface area (Å²) < 4.78 is 28.4. The smallest absolute Gasteiger partial charge is 0.309 e. The van der Waals surface area contributed by atoms with Crippen molar-refractivity contribution in [3.63, 3.8) is 0 Å². The van der Waals surface area contributed by atoms with E-state index in [1.165, 1.54) is 19.9 Å². The molecule has 15 heteroatoms. The predicted molar refractivity (Wildman–Crippen MR) is 294 cm³/mol. The third-order valence-electron chi connectivity index (χ3n) is 15.0. The average molecular weight is 1060 g/mol. The molecular formula is C60H102O15. The van der Waals surface area contributed by atoms with Gasteiger partial charge in [0.15, 0.2) is 0 Å². The number of cyclic esters (lactones) is 2. The molecular weight excluding hydrogens is 961 g/mol. The van der Waals surface area contributed by atoms with Crippen LogP contribution in [0.15, 0.2) is 71.9 Å². The molecule has 7 N–H and O–H groups in total. The van der Waals surface area contributed by atoms with Crippen LogP contribution >= 0.6 is 0 Å². The number of hydrogen-bond acceptors (Lipinski definition) is 15. The van der Waals surface area contributed by atoms with Crippen LogP contribution in [0.4, 0.5) is 0 Å². The average Bonchev–Trinajstić information content (AvgIpc) is 4.26. The van der Waals surface area contributed by atoms with E-state index < -0.39 is 65.7 Å². The molecule has 15 nitrogen and oxygen atoms in total. The first-order valence-electron chi connectivity index (χ1n) is 26.9. The third kappa shape index (κ3) is 23.6. The second-order valence-corrected chi connectivity index (χ2v) is 22.3. The Hall–Kier alpha value is -3.51. The van der Waals surface area contributed by atoms with Crippen molar-refractivity contribution in [3.8, 4) is 0 Å². The highest BCUT2D eigenvalue weighted by atomic mass is 16.6. The number of rotatable bonds is 17. The molecule has 0 aromatic heterocycles. The number of carbonyl (C=O) groups is 3. The van der Waals surface area contributed by atoms with E-state index in [9.17, 15) is 50.1 Å². The van der Waals surface area contributed by atoms with Crippen LogP contribution in [0.5, 0.6) is 0 Å². The Morgan fingerprint density at radius 2 is 1.07 bits per heavy atom. The molecule has 0 aromatic carbocycles. The summed E-state index contributed by atoms with van der Waals surface area (Å²) in [4.78, 5) is 36.7. The Bertz CT molecular complexity index is 1920. The summed E-state index contributed by atoms with van der Waals surface area (Å²) in [6.07, 6.45) is 16.9. The number of hydrogen-bond donors (Lipinski definition) is 7. The van der Waals surface area contributed by atoms with E-state index >= 15 is 0 Å². The predicted octanol–water partition coefficient (Wildman–Crippen LogP) is 8.74. The lowest BCUT2D eigenvalue weighted by Gasteiger charge is -2.32. The number of carbonyl (C=O) groups excluding carboxylic acids is 3. The first-order valence-corrected chi connectivity index (χ1v) is 26.9. The first kappa shape index (κ1) is 69.5. The van der Waals surface area contributed by atoms with Gasteiger partial charge >= 0.3 is 17.9 Å².